The number of amides is 1. The van der Waals surface area contributed by atoms with Crippen LogP contribution in [0.15, 0.2) is 24.3 Å². The number of hydrogen-bond donors (Lipinski definition) is 0. The van der Waals surface area contributed by atoms with Crippen molar-refractivity contribution >= 4 is 17.4 Å². The molecule has 0 saturated carbocycles. The number of nitro benzene ring substituents is 1. The number of carbonyl (C=O) groups excluding carboxylic acids is 1. The molecule has 152 valence electrons. The van der Waals surface area contributed by atoms with Crippen LogP contribution >= 0.6 is 0 Å². The largest absolute Gasteiger partial charge is 0.354 e. The van der Waals surface area contributed by atoms with Gasteiger partial charge in [0.2, 0.25) is 0 Å². The van der Waals surface area contributed by atoms with Crippen LogP contribution in [0.25, 0.3) is 0 Å². The van der Waals surface area contributed by atoms with Gasteiger partial charge in [0.05, 0.1) is 17.2 Å². The predicted octanol–water partition coefficient (Wildman–Crippen LogP) is 1.64. The van der Waals surface area contributed by atoms with Gasteiger partial charge in [-0.3, -0.25) is 14.9 Å². The zero-order valence-electron chi connectivity index (χ0n) is 16.7. The Morgan fingerprint density at radius 1 is 1.07 bits per heavy atom. The van der Waals surface area contributed by atoms with Gasteiger partial charge in [0.1, 0.15) is 11.6 Å². The Morgan fingerprint density at radius 2 is 1.76 bits per heavy atom. The number of piperazine rings is 1. The SMILES string of the molecule is Cc1nc2c(c(N3CCN(C)CC3)n1)CN(C(=O)c1ccc([N+](=O)[O-])cc1)CC2. The van der Waals surface area contributed by atoms with Crippen molar-refractivity contribution in [2.45, 2.75) is 19.9 Å². The fourth-order valence-corrected chi connectivity index (χ4v) is 3.88. The first-order chi connectivity index (χ1) is 13.9. The second-order valence-corrected chi connectivity index (χ2v) is 7.59. The molecule has 0 bridgehead atoms. The molecule has 1 saturated heterocycles. The van der Waals surface area contributed by atoms with Crippen molar-refractivity contribution in [1.82, 2.24) is 19.8 Å². The van der Waals surface area contributed by atoms with Crippen LogP contribution in [0.3, 0.4) is 0 Å². The highest BCUT2D eigenvalue weighted by molar-refractivity contribution is 5.94. The molecule has 29 heavy (non-hydrogen) atoms. The van der Waals surface area contributed by atoms with E-state index in [1.807, 2.05) is 6.92 Å². The lowest BCUT2D eigenvalue weighted by Gasteiger charge is -2.37. The summed E-state index contributed by atoms with van der Waals surface area (Å²) < 4.78 is 0. The Morgan fingerprint density at radius 3 is 2.41 bits per heavy atom. The zero-order valence-corrected chi connectivity index (χ0v) is 16.7. The minimum absolute atomic E-state index is 0.0215. The normalized spacial score (nSPS) is 17.2. The number of benzene rings is 1. The summed E-state index contributed by atoms with van der Waals surface area (Å²) in [6, 6.07) is 5.77. The molecule has 1 aromatic carbocycles. The zero-order chi connectivity index (χ0) is 20.5. The van der Waals surface area contributed by atoms with Gasteiger partial charge in [-0.2, -0.15) is 0 Å². The van der Waals surface area contributed by atoms with E-state index >= 15 is 0 Å². The van der Waals surface area contributed by atoms with Crippen LogP contribution < -0.4 is 4.90 Å². The van der Waals surface area contributed by atoms with E-state index in [9.17, 15) is 14.9 Å². The van der Waals surface area contributed by atoms with E-state index in [4.69, 9.17) is 4.98 Å². The maximum atomic E-state index is 13.0. The molecule has 4 rings (SSSR count). The van der Waals surface area contributed by atoms with Crippen LogP contribution in [0.2, 0.25) is 0 Å². The number of nitrogens with zero attached hydrogens (tertiary/aromatic N) is 6. The van der Waals surface area contributed by atoms with Crippen LogP contribution in [-0.4, -0.2) is 70.4 Å². The molecule has 9 heteroatoms. The van der Waals surface area contributed by atoms with E-state index in [2.05, 4.69) is 21.8 Å². The Bertz CT molecular complexity index is 938. The van der Waals surface area contributed by atoms with Gasteiger partial charge in [-0.1, -0.05) is 0 Å². The van der Waals surface area contributed by atoms with Crippen LogP contribution in [-0.2, 0) is 13.0 Å². The molecule has 9 nitrogen and oxygen atoms in total. The first-order valence-corrected chi connectivity index (χ1v) is 9.76. The van der Waals surface area contributed by atoms with Crippen molar-refractivity contribution in [3.63, 3.8) is 0 Å². The van der Waals surface area contributed by atoms with Crippen LogP contribution in [0.5, 0.6) is 0 Å². The molecule has 3 heterocycles. The van der Waals surface area contributed by atoms with Crippen molar-refractivity contribution in [2.75, 3.05) is 44.7 Å². The Balaban J connectivity index is 1.58. The minimum Gasteiger partial charge on any atom is -0.354 e. The topological polar surface area (TPSA) is 95.7 Å². The third-order valence-electron chi connectivity index (χ3n) is 5.57. The molecule has 1 aromatic heterocycles. The van der Waals surface area contributed by atoms with Gasteiger partial charge in [-0.15, -0.1) is 0 Å². The molecule has 0 spiro atoms. The fraction of sp³-hybridized carbons (Fsp3) is 0.450. The smallest absolute Gasteiger partial charge is 0.269 e. The average Bonchev–Trinajstić information content (AvgIpc) is 2.73. The number of non-ortho nitro benzene ring substituents is 1. The first-order valence-electron chi connectivity index (χ1n) is 9.76. The monoisotopic (exact) mass is 396 g/mol. The maximum Gasteiger partial charge on any atom is 0.269 e. The third kappa shape index (κ3) is 3.91. The maximum absolute atomic E-state index is 13.0. The van der Waals surface area contributed by atoms with E-state index in [0.717, 1.165) is 49.1 Å². The summed E-state index contributed by atoms with van der Waals surface area (Å²) in [7, 11) is 2.11. The number of carbonyl (C=O) groups is 1. The molecule has 0 atom stereocenters. The van der Waals surface area contributed by atoms with Gasteiger partial charge < -0.3 is 14.7 Å². The Kier molecular flexibility index (Phi) is 5.14. The summed E-state index contributed by atoms with van der Waals surface area (Å²) in [5.41, 5.74) is 2.46. The van der Waals surface area contributed by atoms with Crippen LogP contribution in [0.1, 0.15) is 27.4 Å². The van der Waals surface area contributed by atoms with Gasteiger partial charge in [0, 0.05) is 62.4 Å². The van der Waals surface area contributed by atoms with Gasteiger partial charge in [-0.25, -0.2) is 9.97 Å². The number of anilines is 1. The van der Waals surface area contributed by atoms with Crippen molar-refractivity contribution in [2.24, 2.45) is 0 Å². The lowest BCUT2D eigenvalue weighted by molar-refractivity contribution is -0.384. The van der Waals surface area contributed by atoms with Crippen molar-refractivity contribution < 1.29 is 9.72 Å². The van der Waals surface area contributed by atoms with Gasteiger partial charge in [0.25, 0.3) is 11.6 Å². The van der Waals surface area contributed by atoms with Gasteiger partial charge in [0.15, 0.2) is 0 Å². The lowest BCUT2D eigenvalue weighted by atomic mass is 10.0. The fourth-order valence-electron chi connectivity index (χ4n) is 3.88. The highest BCUT2D eigenvalue weighted by Gasteiger charge is 2.28. The molecule has 0 radical (unpaired) electrons. The molecule has 2 aliphatic rings. The number of aryl methyl sites for hydroxylation is 1. The van der Waals surface area contributed by atoms with E-state index < -0.39 is 4.92 Å². The Hall–Kier alpha value is -3.07. The second kappa shape index (κ2) is 7.75. The third-order valence-corrected chi connectivity index (χ3v) is 5.57. The van der Waals surface area contributed by atoms with Crippen molar-refractivity contribution in [3.05, 3.63) is 57.0 Å². The first kappa shape index (κ1) is 19.3. The summed E-state index contributed by atoms with van der Waals surface area (Å²) >= 11 is 0. The number of nitro groups is 1. The second-order valence-electron chi connectivity index (χ2n) is 7.59. The summed E-state index contributed by atoms with van der Waals surface area (Å²) in [5, 5.41) is 10.8. The van der Waals surface area contributed by atoms with Crippen LogP contribution in [0.4, 0.5) is 11.5 Å². The molecule has 1 amide bonds. The summed E-state index contributed by atoms with van der Waals surface area (Å²) in [5.74, 6) is 1.56. The van der Waals surface area contributed by atoms with Gasteiger partial charge >= 0.3 is 0 Å². The van der Waals surface area contributed by atoms with Gasteiger partial charge in [-0.05, 0) is 26.1 Å². The summed E-state index contributed by atoms with van der Waals surface area (Å²) in [6.45, 7) is 6.68. The molecule has 0 N–H and O–H groups in total. The number of likely N-dealkylation sites (N-methyl/N-ethyl adjacent to an activating group) is 1. The van der Waals surface area contributed by atoms with E-state index in [1.54, 1.807) is 4.90 Å². The van der Waals surface area contributed by atoms with Crippen LogP contribution in [0, 0.1) is 17.0 Å². The summed E-state index contributed by atoms with van der Waals surface area (Å²) in [6.07, 6.45) is 0.679. The molecule has 0 unspecified atom stereocenters. The molecular formula is C20H24N6O3. The van der Waals surface area contributed by atoms with E-state index in [-0.39, 0.29) is 11.6 Å². The average molecular weight is 396 g/mol. The molecule has 1 fully saturated rings. The highest BCUT2D eigenvalue weighted by atomic mass is 16.6. The molecule has 2 aromatic rings. The van der Waals surface area contributed by atoms with E-state index in [0.29, 0.717) is 25.1 Å². The van der Waals surface area contributed by atoms with Crippen molar-refractivity contribution in [3.8, 4) is 0 Å². The number of aromatic nitrogens is 2. The number of fused-ring (bicyclic) bond motifs is 1. The number of hydrogen-bond acceptors (Lipinski definition) is 7. The molecular weight excluding hydrogens is 372 g/mol. The quantitative estimate of drug-likeness (QED) is 0.575. The molecule has 0 aliphatic carbocycles. The van der Waals surface area contributed by atoms with Crippen molar-refractivity contribution in [1.29, 1.82) is 0 Å². The predicted molar refractivity (Wildman–Crippen MR) is 108 cm³/mol. The van der Waals surface area contributed by atoms with E-state index in [1.165, 1.54) is 24.3 Å². The minimum atomic E-state index is -0.465. The molecule has 2 aliphatic heterocycles. The highest BCUT2D eigenvalue weighted by Crippen LogP contribution is 2.28. The standard InChI is InChI=1S/C20H24N6O3/c1-14-21-18-7-8-25(20(27)15-3-5-16(6-4-15)26(28)29)13-17(18)19(22-14)24-11-9-23(2)10-12-24/h3-6H,7-13H2,1-2H3. The number of rotatable bonds is 3. The summed E-state index contributed by atoms with van der Waals surface area (Å²) in [4.78, 5) is 39.1. The Labute approximate surface area is 169 Å². The lowest BCUT2D eigenvalue weighted by Crippen LogP contribution is -2.46.